The van der Waals surface area contributed by atoms with Crippen molar-refractivity contribution in [2.24, 2.45) is 0 Å². The summed E-state index contributed by atoms with van der Waals surface area (Å²) in [6.45, 7) is 0. The average Bonchev–Trinajstić information content (AvgIpc) is 2.99. The second kappa shape index (κ2) is 4.59. The molecule has 2 aromatic heterocycles. The third-order valence-electron chi connectivity index (χ3n) is 3.10. The van der Waals surface area contributed by atoms with Crippen LogP contribution in [-0.4, -0.2) is 12.1 Å². The normalized spacial score (nSPS) is 10.4. The lowest BCUT2D eigenvalue weighted by Gasteiger charge is -2.09. The lowest BCUT2D eigenvalue weighted by atomic mass is 10.0. The van der Waals surface area contributed by atoms with Crippen molar-refractivity contribution in [1.82, 2.24) is 4.98 Å². The summed E-state index contributed by atoms with van der Waals surface area (Å²) in [5.74, 6) is 1.49. The molecule has 0 fully saturated rings. The van der Waals surface area contributed by atoms with Crippen molar-refractivity contribution in [3.63, 3.8) is 0 Å². The summed E-state index contributed by atoms with van der Waals surface area (Å²) in [4.78, 5) is 4.28. The van der Waals surface area contributed by atoms with Gasteiger partial charge in [0.05, 0.1) is 18.9 Å². The highest BCUT2D eigenvalue weighted by atomic mass is 16.5. The highest BCUT2D eigenvalue weighted by Gasteiger charge is 2.14. The molecule has 0 spiro atoms. The zero-order valence-corrected chi connectivity index (χ0v) is 10.8. The SMILES string of the molecule is COc1ccc(-c2ccco2)c2cc(C#N)c(N)nc12. The second-order valence-corrected chi connectivity index (χ2v) is 4.22. The standard InChI is InChI=1S/C15H11N3O2/c1-19-13-5-4-10(12-3-2-6-20-12)11-7-9(8-16)15(17)18-14(11)13/h2-7H,1H3,(H2,17,18). The molecule has 0 amide bonds. The summed E-state index contributed by atoms with van der Waals surface area (Å²) in [6, 6.07) is 11.1. The first-order valence-electron chi connectivity index (χ1n) is 5.96. The number of nitrogen functional groups attached to an aromatic ring is 1. The largest absolute Gasteiger partial charge is 0.494 e. The lowest BCUT2D eigenvalue weighted by Crippen LogP contribution is -1.98. The minimum atomic E-state index is 0.190. The first-order chi connectivity index (χ1) is 9.74. The number of ether oxygens (including phenoxy) is 1. The number of nitrogens with zero attached hydrogens (tertiary/aromatic N) is 2. The van der Waals surface area contributed by atoms with Gasteiger partial charge in [0, 0.05) is 10.9 Å². The number of benzene rings is 1. The molecule has 0 saturated carbocycles. The van der Waals surface area contributed by atoms with E-state index < -0.39 is 0 Å². The van der Waals surface area contributed by atoms with E-state index in [0.29, 0.717) is 22.6 Å². The molecule has 20 heavy (non-hydrogen) atoms. The zero-order valence-electron chi connectivity index (χ0n) is 10.8. The number of aromatic nitrogens is 1. The van der Waals surface area contributed by atoms with E-state index in [1.807, 2.05) is 18.2 Å². The lowest BCUT2D eigenvalue weighted by molar-refractivity contribution is 0.419. The number of nitriles is 1. The highest BCUT2D eigenvalue weighted by Crippen LogP contribution is 2.35. The number of rotatable bonds is 2. The number of nitrogens with two attached hydrogens (primary N) is 1. The highest BCUT2D eigenvalue weighted by molar-refractivity contribution is 5.98. The van der Waals surface area contributed by atoms with E-state index in [4.69, 9.17) is 20.1 Å². The van der Waals surface area contributed by atoms with Gasteiger partial charge in [-0.2, -0.15) is 5.26 Å². The van der Waals surface area contributed by atoms with Crippen molar-refractivity contribution in [3.05, 3.63) is 42.2 Å². The van der Waals surface area contributed by atoms with E-state index in [-0.39, 0.29) is 5.82 Å². The van der Waals surface area contributed by atoms with Gasteiger partial charge in [-0.3, -0.25) is 0 Å². The molecular weight excluding hydrogens is 254 g/mol. The maximum absolute atomic E-state index is 9.10. The fourth-order valence-corrected chi connectivity index (χ4v) is 2.15. The molecule has 0 bridgehead atoms. The molecule has 5 nitrogen and oxygen atoms in total. The molecule has 0 unspecified atom stereocenters. The van der Waals surface area contributed by atoms with Crippen molar-refractivity contribution < 1.29 is 9.15 Å². The Kier molecular flexibility index (Phi) is 2.77. The minimum Gasteiger partial charge on any atom is -0.494 e. The molecule has 2 N–H and O–H groups in total. The number of pyridine rings is 1. The number of hydrogen-bond acceptors (Lipinski definition) is 5. The summed E-state index contributed by atoms with van der Waals surface area (Å²) in [5, 5.41) is 9.87. The molecular formula is C15H11N3O2. The molecule has 2 heterocycles. The number of anilines is 1. The van der Waals surface area contributed by atoms with Crippen LogP contribution < -0.4 is 10.5 Å². The predicted octanol–water partition coefficient (Wildman–Crippen LogP) is 2.96. The van der Waals surface area contributed by atoms with Crippen LogP contribution in [0.3, 0.4) is 0 Å². The van der Waals surface area contributed by atoms with Crippen molar-refractivity contribution in [2.75, 3.05) is 12.8 Å². The topological polar surface area (TPSA) is 85.1 Å². The van der Waals surface area contributed by atoms with Crippen LogP contribution in [0.2, 0.25) is 0 Å². The molecule has 0 aliphatic heterocycles. The van der Waals surface area contributed by atoms with E-state index in [9.17, 15) is 0 Å². The van der Waals surface area contributed by atoms with Gasteiger partial charge < -0.3 is 14.9 Å². The third kappa shape index (κ3) is 1.75. The minimum absolute atomic E-state index is 0.190. The molecule has 3 rings (SSSR count). The van der Waals surface area contributed by atoms with Gasteiger partial charge in [-0.15, -0.1) is 0 Å². The Bertz CT molecular complexity index is 817. The predicted molar refractivity (Wildman–Crippen MR) is 75.1 cm³/mol. The average molecular weight is 265 g/mol. The van der Waals surface area contributed by atoms with Crippen LogP contribution in [0, 0.1) is 11.3 Å². The number of furan rings is 1. The van der Waals surface area contributed by atoms with E-state index in [2.05, 4.69) is 4.98 Å². The maximum Gasteiger partial charge on any atom is 0.145 e. The summed E-state index contributed by atoms with van der Waals surface area (Å²) < 4.78 is 10.7. The zero-order chi connectivity index (χ0) is 14.1. The second-order valence-electron chi connectivity index (χ2n) is 4.22. The van der Waals surface area contributed by atoms with Gasteiger partial charge >= 0.3 is 0 Å². The first-order valence-corrected chi connectivity index (χ1v) is 5.96. The van der Waals surface area contributed by atoms with Crippen molar-refractivity contribution in [2.45, 2.75) is 0 Å². The quantitative estimate of drug-likeness (QED) is 0.769. The van der Waals surface area contributed by atoms with Gasteiger partial charge in [0.1, 0.15) is 28.9 Å². The molecule has 98 valence electrons. The summed E-state index contributed by atoms with van der Waals surface area (Å²) in [6.07, 6.45) is 1.60. The molecule has 0 radical (unpaired) electrons. The third-order valence-corrected chi connectivity index (χ3v) is 3.10. The van der Waals surface area contributed by atoms with Crippen molar-refractivity contribution >= 4 is 16.7 Å². The summed E-state index contributed by atoms with van der Waals surface area (Å²) >= 11 is 0. The number of hydrogen-bond donors (Lipinski definition) is 1. The van der Waals surface area contributed by atoms with Gasteiger partial charge in [0.25, 0.3) is 0 Å². The van der Waals surface area contributed by atoms with Gasteiger partial charge in [-0.25, -0.2) is 4.98 Å². The van der Waals surface area contributed by atoms with E-state index in [0.717, 1.165) is 10.9 Å². The Hall–Kier alpha value is -3.00. The van der Waals surface area contributed by atoms with Crippen LogP contribution in [0.25, 0.3) is 22.2 Å². The first kappa shape index (κ1) is 12.1. The Balaban J connectivity index is 2.41. The molecule has 0 saturated heterocycles. The summed E-state index contributed by atoms with van der Waals surface area (Å²) in [5.41, 5.74) is 7.56. The Morgan fingerprint density at radius 2 is 2.20 bits per heavy atom. The molecule has 5 heteroatoms. The summed E-state index contributed by atoms with van der Waals surface area (Å²) in [7, 11) is 1.57. The van der Waals surface area contributed by atoms with Gasteiger partial charge in [0.2, 0.25) is 0 Å². The fourth-order valence-electron chi connectivity index (χ4n) is 2.15. The van der Waals surface area contributed by atoms with Crippen LogP contribution >= 0.6 is 0 Å². The van der Waals surface area contributed by atoms with Gasteiger partial charge in [-0.05, 0) is 30.3 Å². The molecule has 3 aromatic rings. The monoisotopic (exact) mass is 265 g/mol. The van der Waals surface area contributed by atoms with Gasteiger partial charge in [0.15, 0.2) is 0 Å². The van der Waals surface area contributed by atoms with E-state index >= 15 is 0 Å². The van der Waals surface area contributed by atoms with Crippen LogP contribution in [-0.2, 0) is 0 Å². The van der Waals surface area contributed by atoms with E-state index in [1.165, 1.54) is 0 Å². The number of fused-ring (bicyclic) bond motifs is 1. The smallest absolute Gasteiger partial charge is 0.145 e. The van der Waals surface area contributed by atoms with Crippen molar-refractivity contribution in [1.29, 1.82) is 5.26 Å². The van der Waals surface area contributed by atoms with Crippen LogP contribution in [0.5, 0.6) is 5.75 Å². The Morgan fingerprint density at radius 1 is 1.35 bits per heavy atom. The van der Waals surface area contributed by atoms with Crippen LogP contribution in [0.1, 0.15) is 5.56 Å². The molecule has 0 aliphatic rings. The number of methoxy groups -OCH3 is 1. The Morgan fingerprint density at radius 3 is 2.85 bits per heavy atom. The molecule has 1 aromatic carbocycles. The van der Waals surface area contributed by atoms with Crippen LogP contribution in [0.15, 0.2) is 41.0 Å². The van der Waals surface area contributed by atoms with Crippen LogP contribution in [0.4, 0.5) is 5.82 Å². The van der Waals surface area contributed by atoms with Gasteiger partial charge in [-0.1, -0.05) is 0 Å². The fraction of sp³-hybridized carbons (Fsp3) is 0.0667. The van der Waals surface area contributed by atoms with E-state index in [1.54, 1.807) is 31.6 Å². The molecule has 0 atom stereocenters. The Labute approximate surface area is 115 Å². The molecule has 0 aliphatic carbocycles. The maximum atomic E-state index is 9.10. The van der Waals surface area contributed by atoms with Crippen molar-refractivity contribution in [3.8, 4) is 23.1 Å².